The summed E-state index contributed by atoms with van der Waals surface area (Å²) in [5, 5.41) is 5.73. The highest BCUT2D eigenvalue weighted by Crippen LogP contribution is 2.08. The largest absolute Gasteiger partial charge is 0.349 e. The van der Waals surface area contributed by atoms with Gasteiger partial charge in [-0.2, -0.15) is 0 Å². The van der Waals surface area contributed by atoms with Gasteiger partial charge in [0.2, 0.25) is 5.91 Å². The highest BCUT2D eigenvalue weighted by Gasteiger charge is 2.24. The maximum Gasteiger partial charge on any atom is 0.251 e. The molecular weight excluding hydrogens is 340 g/mol. The Morgan fingerprint density at radius 1 is 1.15 bits per heavy atom. The number of pyridine rings is 1. The summed E-state index contributed by atoms with van der Waals surface area (Å²) in [6.45, 7) is 6.06. The second kappa shape index (κ2) is 8.03. The van der Waals surface area contributed by atoms with Crippen LogP contribution in [0.3, 0.4) is 0 Å². The highest BCUT2D eigenvalue weighted by molar-refractivity contribution is 5.97. The van der Waals surface area contributed by atoms with E-state index in [1.165, 1.54) is 0 Å². The number of hydrogen-bond acceptors (Lipinski definition) is 3. The van der Waals surface area contributed by atoms with E-state index in [1.807, 2.05) is 67.9 Å². The van der Waals surface area contributed by atoms with Crippen molar-refractivity contribution in [1.29, 1.82) is 0 Å². The van der Waals surface area contributed by atoms with Crippen molar-refractivity contribution in [3.8, 4) is 0 Å². The summed E-state index contributed by atoms with van der Waals surface area (Å²) in [5.74, 6) is -0.511. The molecule has 0 unspecified atom stereocenters. The molecule has 0 spiro atoms. The van der Waals surface area contributed by atoms with Crippen LogP contribution >= 0.6 is 0 Å². The van der Waals surface area contributed by atoms with Crippen LogP contribution in [0.4, 0.5) is 0 Å². The van der Waals surface area contributed by atoms with Crippen LogP contribution in [0.15, 0.2) is 54.9 Å². The Bertz CT molecular complexity index is 928. The Balaban J connectivity index is 1.65. The van der Waals surface area contributed by atoms with Gasteiger partial charge in [-0.25, -0.2) is 4.98 Å². The van der Waals surface area contributed by atoms with E-state index in [4.69, 9.17) is 0 Å². The zero-order valence-electron chi connectivity index (χ0n) is 15.8. The number of imidazole rings is 1. The van der Waals surface area contributed by atoms with Crippen LogP contribution in [-0.2, 0) is 11.3 Å². The van der Waals surface area contributed by atoms with E-state index in [2.05, 4.69) is 15.6 Å². The lowest BCUT2D eigenvalue weighted by atomic mass is 10.0. The van der Waals surface area contributed by atoms with Gasteiger partial charge in [-0.05, 0) is 37.1 Å². The van der Waals surface area contributed by atoms with Gasteiger partial charge < -0.3 is 15.0 Å². The third-order valence-corrected chi connectivity index (χ3v) is 4.37. The standard InChI is InChI=1S/C21H24N4O2/c1-14(2)19(24-20(26)16-8-6-7-15(3)11-16)21(27)22-12-17-13-25-10-5-4-9-18(25)23-17/h4-11,13-14,19H,12H2,1-3H3,(H,22,27)(H,24,26)/t19-/m0/s1. The van der Waals surface area contributed by atoms with E-state index in [9.17, 15) is 9.59 Å². The Hall–Kier alpha value is -3.15. The van der Waals surface area contributed by atoms with Crippen molar-refractivity contribution in [2.45, 2.75) is 33.4 Å². The van der Waals surface area contributed by atoms with Gasteiger partial charge >= 0.3 is 0 Å². The summed E-state index contributed by atoms with van der Waals surface area (Å²) in [7, 11) is 0. The second-order valence-corrected chi connectivity index (χ2v) is 6.98. The molecule has 2 N–H and O–H groups in total. The molecule has 140 valence electrons. The summed E-state index contributed by atoms with van der Waals surface area (Å²) in [4.78, 5) is 29.6. The molecule has 1 aromatic carbocycles. The molecule has 27 heavy (non-hydrogen) atoms. The van der Waals surface area contributed by atoms with Crippen LogP contribution in [0.5, 0.6) is 0 Å². The Morgan fingerprint density at radius 3 is 2.67 bits per heavy atom. The first-order valence-corrected chi connectivity index (χ1v) is 9.02. The van der Waals surface area contributed by atoms with Gasteiger partial charge in [0, 0.05) is 18.0 Å². The number of nitrogens with zero attached hydrogens (tertiary/aromatic N) is 2. The molecule has 3 rings (SSSR count). The minimum absolute atomic E-state index is 0.0418. The van der Waals surface area contributed by atoms with Crippen molar-refractivity contribution >= 4 is 17.5 Å². The quantitative estimate of drug-likeness (QED) is 0.706. The van der Waals surface area contributed by atoms with Gasteiger partial charge in [0.25, 0.3) is 5.91 Å². The Labute approximate surface area is 158 Å². The van der Waals surface area contributed by atoms with E-state index >= 15 is 0 Å². The summed E-state index contributed by atoms with van der Waals surface area (Å²) in [6, 6.07) is 12.4. The molecule has 0 aliphatic carbocycles. The van der Waals surface area contributed by atoms with Crippen molar-refractivity contribution < 1.29 is 9.59 Å². The third-order valence-electron chi connectivity index (χ3n) is 4.37. The van der Waals surface area contributed by atoms with Gasteiger partial charge in [-0.1, -0.05) is 37.6 Å². The SMILES string of the molecule is Cc1cccc(C(=O)N[C@H](C(=O)NCc2cn3ccccc3n2)C(C)C)c1. The predicted octanol–water partition coefficient (Wildman–Crippen LogP) is 2.71. The predicted molar refractivity (Wildman–Crippen MR) is 104 cm³/mol. The summed E-state index contributed by atoms with van der Waals surface area (Å²) < 4.78 is 1.90. The van der Waals surface area contributed by atoms with Crippen molar-refractivity contribution in [3.63, 3.8) is 0 Å². The lowest BCUT2D eigenvalue weighted by Gasteiger charge is -2.21. The second-order valence-electron chi connectivity index (χ2n) is 6.98. The van der Waals surface area contributed by atoms with E-state index in [0.717, 1.165) is 16.9 Å². The Morgan fingerprint density at radius 2 is 1.96 bits per heavy atom. The van der Waals surface area contributed by atoms with E-state index in [0.29, 0.717) is 12.1 Å². The molecule has 2 aromatic heterocycles. The third kappa shape index (κ3) is 4.53. The topological polar surface area (TPSA) is 75.5 Å². The molecule has 2 heterocycles. The molecule has 0 saturated heterocycles. The first kappa shape index (κ1) is 18.6. The minimum Gasteiger partial charge on any atom is -0.349 e. The van der Waals surface area contributed by atoms with Crippen molar-refractivity contribution in [2.24, 2.45) is 5.92 Å². The van der Waals surface area contributed by atoms with E-state index in [-0.39, 0.29) is 17.7 Å². The highest BCUT2D eigenvalue weighted by atomic mass is 16.2. The lowest BCUT2D eigenvalue weighted by Crippen LogP contribution is -2.49. The molecule has 2 amide bonds. The van der Waals surface area contributed by atoms with Crippen LogP contribution in [0.25, 0.3) is 5.65 Å². The zero-order chi connectivity index (χ0) is 19.4. The van der Waals surface area contributed by atoms with Crippen LogP contribution in [0.1, 0.15) is 35.5 Å². The molecule has 3 aromatic rings. The van der Waals surface area contributed by atoms with Gasteiger partial charge in [-0.3, -0.25) is 9.59 Å². The molecule has 6 heteroatoms. The number of fused-ring (bicyclic) bond motifs is 1. The molecule has 0 radical (unpaired) electrons. The van der Waals surface area contributed by atoms with Gasteiger partial charge in [-0.15, -0.1) is 0 Å². The summed E-state index contributed by atoms with van der Waals surface area (Å²) in [5.41, 5.74) is 3.14. The number of carbonyl (C=O) groups excluding carboxylic acids is 2. The average Bonchev–Trinajstić information content (AvgIpc) is 3.06. The number of benzene rings is 1. The fourth-order valence-corrected chi connectivity index (χ4v) is 2.91. The molecular formula is C21H24N4O2. The number of carbonyl (C=O) groups is 2. The first-order valence-electron chi connectivity index (χ1n) is 9.02. The smallest absolute Gasteiger partial charge is 0.251 e. The average molecular weight is 364 g/mol. The molecule has 0 fully saturated rings. The molecule has 0 saturated carbocycles. The van der Waals surface area contributed by atoms with Crippen molar-refractivity contribution in [1.82, 2.24) is 20.0 Å². The fourth-order valence-electron chi connectivity index (χ4n) is 2.91. The van der Waals surface area contributed by atoms with Crippen molar-refractivity contribution in [2.75, 3.05) is 0 Å². The van der Waals surface area contributed by atoms with Crippen molar-refractivity contribution in [3.05, 3.63) is 71.7 Å². The molecule has 0 aliphatic rings. The minimum atomic E-state index is -0.616. The Kier molecular flexibility index (Phi) is 5.54. The van der Waals surface area contributed by atoms with Crippen LogP contribution in [0.2, 0.25) is 0 Å². The number of aryl methyl sites for hydroxylation is 1. The van der Waals surface area contributed by atoms with Gasteiger partial charge in [0.15, 0.2) is 0 Å². The maximum atomic E-state index is 12.6. The van der Waals surface area contributed by atoms with Crippen LogP contribution < -0.4 is 10.6 Å². The number of aromatic nitrogens is 2. The number of hydrogen-bond donors (Lipinski definition) is 2. The maximum absolute atomic E-state index is 12.6. The molecule has 6 nitrogen and oxygen atoms in total. The van der Waals surface area contributed by atoms with E-state index in [1.54, 1.807) is 12.1 Å². The van der Waals surface area contributed by atoms with Crippen LogP contribution in [-0.4, -0.2) is 27.2 Å². The monoisotopic (exact) mass is 364 g/mol. The molecule has 0 bridgehead atoms. The molecule has 1 atom stereocenters. The van der Waals surface area contributed by atoms with Gasteiger partial charge in [0.1, 0.15) is 11.7 Å². The number of rotatable bonds is 6. The fraction of sp³-hybridized carbons (Fsp3) is 0.286. The summed E-state index contributed by atoms with van der Waals surface area (Å²) in [6.07, 6.45) is 3.79. The van der Waals surface area contributed by atoms with Gasteiger partial charge in [0.05, 0.1) is 12.2 Å². The first-order chi connectivity index (χ1) is 12.9. The molecule has 0 aliphatic heterocycles. The zero-order valence-corrected chi connectivity index (χ0v) is 15.8. The van der Waals surface area contributed by atoms with E-state index < -0.39 is 6.04 Å². The number of nitrogens with one attached hydrogen (secondary N) is 2. The summed E-state index contributed by atoms with van der Waals surface area (Å²) >= 11 is 0. The number of amides is 2. The van der Waals surface area contributed by atoms with Crippen LogP contribution in [0, 0.1) is 12.8 Å². The normalized spacial score (nSPS) is 12.1. The lowest BCUT2D eigenvalue weighted by molar-refractivity contribution is -0.124.